The van der Waals surface area contributed by atoms with Crippen molar-refractivity contribution in [3.63, 3.8) is 0 Å². The first kappa shape index (κ1) is 8.92. The lowest BCUT2D eigenvalue weighted by Crippen LogP contribution is -2.17. The second-order valence-electron chi connectivity index (χ2n) is 4.63. The highest BCUT2D eigenvalue weighted by Gasteiger charge is 2.40. The summed E-state index contributed by atoms with van der Waals surface area (Å²) in [6.07, 6.45) is 5.41. The lowest BCUT2D eigenvalue weighted by atomic mass is 9.96. The first-order valence-corrected chi connectivity index (χ1v) is 5.43. The van der Waals surface area contributed by atoms with E-state index in [1.165, 1.54) is 18.4 Å². The number of hydrogen-bond acceptors (Lipinski definition) is 2. The van der Waals surface area contributed by atoms with Gasteiger partial charge in [0.15, 0.2) is 0 Å². The van der Waals surface area contributed by atoms with Crippen LogP contribution in [0.3, 0.4) is 0 Å². The molecule has 1 heterocycles. The van der Waals surface area contributed by atoms with Crippen LogP contribution in [0.25, 0.3) is 11.0 Å². The molecule has 1 fully saturated rings. The van der Waals surface area contributed by atoms with Crippen LogP contribution >= 0.6 is 0 Å². The fourth-order valence-corrected chi connectivity index (χ4v) is 2.16. The number of hydrogen-bond donors (Lipinski definition) is 2. The van der Waals surface area contributed by atoms with E-state index in [0.29, 0.717) is 5.41 Å². The zero-order valence-electron chi connectivity index (χ0n) is 8.66. The number of fused-ring (bicyclic) bond motifs is 1. The van der Waals surface area contributed by atoms with Crippen LogP contribution in [0.2, 0.25) is 0 Å². The van der Waals surface area contributed by atoms with Gasteiger partial charge in [-0.25, -0.2) is 4.98 Å². The number of rotatable bonds is 3. The molecule has 1 aliphatic rings. The van der Waals surface area contributed by atoms with Crippen molar-refractivity contribution in [1.82, 2.24) is 9.97 Å². The van der Waals surface area contributed by atoms with Crippen LogP contribution in [0.4, 0.5) is 0 Å². The third-order valence-electron chi connectivity index (χ3n) is 3.45. The zero-order valence-corrected chi connectivity index (χ0v) is 8.66. The summed E-state index contributed by atoms with van der Waals surface area (Å²) in [6, 6.07) is 6.44. The highest BCUT2D eigenvalue weighted by Crippen LogP contribution is 2.47. The van der Waals surface area contributed by atoms with Crippen molar-refractivity contribution in [2.75, 3.05) is 6.54 Å². The van der Waals surface area contributed by atoms with Gasteiger partial charge in [-0.15, -0.1) is 0 Å². The predicted octanol–water partition coefficient (Wildman–Crippen LogP) is 1.84. The maximum atomic E-state index is 5.79. The Balaban J connectivity index is 1.91. The molecule has 3 N–H and O–H groups in total. The first-order valence-electron chi connectivity index (χ1n) is 5.43. The van der Waals surface area contributed by atoms with Gasteiger partial charge in [0.05, 0.1) is 17.4 Å². The number of nitrogens with one attached hydrogen (secondary N) is 1. The molecular weight excluding hydrogens is 186 g/mol. The molecule has 0 aliphatic heterocycles. The minimum atomic E-state index is 0.410. The largest absolute Gasteiger partial charge is 0.345 e. The average Bonchev–Trinajstić information content (AvgIpc) is 2.88. The van der Waals surface area contributed by atoms with Crippen molar-refractivity contribution < 1.29 is 0 Å². The van der Waals surface area contributed by atoms with E-state index in [1.54, 1.807) is 6.33 Å². The minimum absolute atomic E-state index is 0.410. The molecule has 0 saturated heterocycles. The van der Waals surface area contributed by atoms with Crippen LogP contribution in [0.1, 0.15) is 18.4 Å². The molecule has 0 atom stereocenters. The summed E-state index contributed by atoms with van der Waals surface area (Å²) >= 11 is 0. The third-order valence-corrected chi connectivity index (χ3v) is 3.45. The lowest BCUT2D eigenvalue weighted by Gasteiger charge is -2.11. The molecule has 3 nitrogen and oxygen atoms in total. The number of nitrogens with zero attached hydrogens (tertiary/aromatic N) is 1. The van der Waals surface area contributed by atoms with E-state index in [9.17, 15) is 0 Å². The molecule has 15 heavy (non-hydrogen) atoms. The Hall–Kier alpha value is -1.35. The van der Waals surface area contributed by atoms with Gasteiger partial charge >= 0.3 is 0 Å². The van der Waals surface area contributed by atoms with Crippen LogP contribution in [0.15, 0.2) is 24.5 Å². The van der Waals surface area contributed by atoms with Crippen LogP contribution in [0, 0.1) is 5.41 Å². The fraction of sp³-hybridized carbons (Fsp3) is 0.417. The Morgan fingerprint density at radius 1 is 1.40 bits per heavy atom. The number of benzene rings is 1. The molecule has 1 aliphatic carbocycles. The van der Waals surface area contributed by atoms with E-state index in [-0.39, 0.29) is 0 Å². The van der Waals surface area contributed by atoms with Gasteiger partial charge in [0.2, 0.25) is 0 Å². The number of aromatic amines is 1. The van der Waals surface area contributed by atoms with Crippen molar-refractivity contribution in [1.29, 1.82) is 0 Å². The van der Waals surface area contributed by atoms with Crippen molar-refractivity contribution in [2.45, 2.75) is 19.3 Å². The third kappa shape index (κ3) is 1.53. The predicted molar refractivity (Wildman–Crippen MR) is 60.5 cm³/mol. The van der Waals surface area contributed by atoms with E-state index in [2.05, 4.69) is 28.2 Å². The molecule has 0 radical (unpaired) electrons. The highest BCUT2D eigenvalue weighted by atomic mass is 14.9. The van der Waals surface area contributed by atoms with E-state index < -0.39 is 0 Å². The summed E-state index contributed by atoms with van der Waals surface area (Å²) in [5.74, 6) is 0. The fourth-order valence-electron chi connectivity index (χ4n) is 2.16. The molecule has 0 bridgehead atoms. The lowest BCUT2D eigenvalue weighted by molar-refractivity contribution is 0.521. The quantitative estimate of drug-likeness (QED) is 0.796. The van der Waals surface area contributed by atoms with Gasteiger partial charge < -0.3 is 10.7 Å². The van der Waals surface area contributed by atoms with Crippen LogP contribution in [0.5, 0.6) is 0 Å². The number of nitrogens with two attached hydrogens (primary N) is 1. The molecule has 3 heteroatoms. The molecule has 78 valence electrons. The summed E-state index contributed by atoms with van der Waals surface area (Å²) in [5.41, 5.74) is 9.73. The maximum Gasteiger partial charge on any atom is 0.0931 e. The van der Waals surface area contributed by atoms with Gasteiger partial charge in [-0.3, -0.25) is 0 Å². The van der Waals surface area contributed by atoms with Gasteiger partial charge in [0.25, 0.3) is 0 Å². The monoisotopic (exact) mass is 201 g/mol. The van der Waals surface area contributed by atoms with E-state index in [4.69, 9.17) is 5.73 Å². The Morgan fingerprint density at radius 2 is 2.27 bits per heavy atom. The van der Waals surface area contributed by atoms with Crippen LogP contribution in [-0.2, 0) is 6.42 Å². The Labute approximate surface area is 88.7 Å². The SMILES string of the molecule is NCC1(Cc2ccc3nc[nH]c3c2)CC1. The summed E-state index contributed by atoms with van der Waals surface area (Å²) in [7, 11) is 0. The smallest absolute Gasteiger partial charge is 0.0931 e. The van der Waals surface area contributed by atoms with Crippen molar-refractivity contribution in [2.24, 2.45) is 11.1 Å². The molecule has 1 aromatic heterocycles. The van der Waals surface area contributed by atoms with Gasteiger partial charge in [-0.1, -0.05) is 6.07 Å². The average molecular weight is 201 g/mol. The van der Waals surface area contributed by atoms with Gasteiger partial charge in [-0.05, 0) is 48.9 Å². The summed E-state index contributed by atoms with van der Waals surface area (Å²) in [6.45, 7) is 0.814. The zero-order chi connectivity index (χ0) is 10.3. The first-order chi connectivity index (χ1) is 7.31. The Bertz CT molecular complexity index is 482. The van der Waals surface area contributed by atoms with E-state index >= 15 is 0 Å². The number of aromatic nitrogens is 2. The maximum absolute atomic E-state index is 5.79. The Morgan fingerprint density at radius 3 is 3.00 bits per heavy atom. The summed E-state index contributed by atoms with van der Waals surface area (Å²) in [5, 5.41) is 0. The molecule has 2 aromatic rings. The topological polar surface area (TPSA) is 54.7 Å². The normalized spacial score (nSPS) is 18.2. The molecule has 0 amide bonds. The molecule has 0 spiro atoms. The second kappa shape index (κ2) is 3.07. The second-order valence-corrected chi connectivity index (χ2v) is 4.63. The number of H-pyrrole nitrogens is 1. The Kier molecular flexibility index (Phi) is 1.83. The van der Waals surface area contributed by atoms with Crippen LogP contribution < -0.4 is 5.73 Å². The van der Waals surface area contributed by atoms with Crippen molar-refractivity contribution >= 4 is 11.0 Å². The minimum Gasteiger partial charge on any atom is -0.345 e. The summed E-state index contributed by atoms with van der Waals surface area (Å²) < 4.78 is 0. The van der Waals surface area contributed by atoms with Crippen LogP contribution in [-0.4, -0.2) is 16.5 Å². The molecule has 1 saturated carbocycles. The summed E-state index contributed by atoms with van der Waals surface area (Å²) in [4.78, 5) is 7.35. The molecule has 3 rings (SSSR count). The molecule has 0 unspecified atom stereocenters. The molecule has 1 aromatic carbocycles. The van der Waals surface area contributed by atoms with Crippen molar-refractivity contribution in [3.8, 4) is 0 Å². The van der Waals surface area contributed by atoms with Crippen molar-refractivity contribution in [3.05, 3.63) is 30.1 Å². The molecular formula is C12H15N3. The van der Waals surface area contributed by atoms with Gasteiger partial charge in [0, 0.05) is 0 Å². The standard InChI is InChI=1S/C12H15N3/c13-7-12(3-4-12)6-9-1-2-10-11(5-9)15-8-14-10/h1-2,5,8H,3-4,6-7,13H2,(H,14,15). The van der Waals surface area contributed by atoms with E-state index in [1.807, 2.05) is 0 Å². The van der Waals surface area contributed by atoms with Gasteiger partial charge in [-0.2, -0.15) is 0 Å². The highest BCUT2D eigenvalue weighted by molar-refractivity contribution is 5.75. The van der Waals surface area contributed by atoms with Gasteiger partial charge in [0.1, 0.15) is 0 Å². The number of imidazole rings is 1. The van der Waals surface area contributed by atoms with E-state index in [0.717, 1.165) is 24.0 Å².